The minimum atomic E-state index is -0.502. The van der Waals surface area contributed by atoms with Crippen molar-refractivity contribution in [1.82, 2.24) is 5.32 Å². The van der Waals surface area contributed by atoms with Crippen LogP contribution in [0, 0.1) is 17.3 Å². The number of allylic oxidation sites excluding steroid dienone is 2. The summed E-state index contributed by atoms with van der Waals surface area (Å²) in [6.07, 6.45) is 1.69. The fourth-order valence-electron chi connectivity index (χ4n) is 3.02. The van der Waals surface area contributed by atoms with Gasteiger partial charge in [0, 0.05) is 12.2 Å². The molecular formula is C19H26N2O3. The quantitative estimate of drug-likeness (QED) is 0.809. The molecule has 1 saturated carbocycles. The molecule has 0 saturated heterocycles. The highest BCUT2D eigenvalue weighted by Gasteiger charge is 2.60. The third kappa shape index (κ3) is 4.16. The molecule has 1 aromatic rings. The third-order valence-electron chi connectivity index (χ3n) is 4.56. The molecule has 5 heteroatoms. The lowest BCUT2D eigenvalue weighted by Crippen LogP contribution is -2.26. The molecule has 0 spiro atoms. The van der Waals surface area contributed by atoms with Crippen molar-refractivity contribution in [1.29, 1.82) is 0 Å². The molecule has 1 fully saturated rings. The molecular weight excluding hydrogens is 304 g/mol. The van der Waals surface area contributed by atoms with E-state index in [2.05, 4.69) is 49.1 Å². The maximum absolute atomic E-state index is 12.4. The summed E-state index contributed by atoms with van der Waals surface area (Å²) < 4.78 is 4.54. The summed E-state index contributed by atoms with van der Waals surface area (Å²) in [6, 6.07) is 7.31. The van der Waals surface area contributed by atoms with E-state index in [4.69, 9.17) is 0 Å². The van der Waals surface area contributed by atoms with Gasteiger partial charge in [0.1, 0.15) is 0 Å². The predicted octanol–water partition coefficient (Wildman–Crippen LogP) is 3.72. The number of carbonyl (C=O) groups excluding carboxylic acids is 2. The van der Waals surface area contributed by atoms with E-state index >= 15 is 0 Å². The Morgan fingerprint density at radius 2 is 1.83 bits per heavy atom. The number of amides is 2. The molecule has 0 aromatic heterocycles. The molecule has 24 heavy (non-hydrogen) atoms. The molecule has 0 heterocycles. The molecule has 2 N–H and O–H groups in total. The van der Waals surface area contributed by atoms with Gasteiger partial charge in [-0.25, -0.2) is 4.79 Å². The van der Waals surface area contributed by atoms with E-state index < -0.39 is 6.09 Å². The van der Waals surface area contributed by atoms with E-state index in [1.807, 2.05) is 12.1 Å². The van der Waals surface area contributed by atoms with Crippen LogP contribution in [0.25, 0.3) is 0 Å². The van der Waals surface area contributed by atoms with Crippen molar-refractivity contribution >= 4 is 17.7 Å². The lowest BCUT2D eigenvalue weighted by molar-refractivity contribution is -0.123. The van der Waals surface area contributed by atoms with Crippen LogP contribution in [0.5, 0.6) is 0 Å². The maximum Gasteiger partial charge on any atom is 0.411 e. The smallest absolute Gasteiger partial charge is 0.411 e. The Bertz CT molecular complexity index is 643. The molecule has 1 aliphatic carbocycles. The highest BCUT2D eigenvalue weighted by molar-refractivity contribution is 5.85. The average Bonchev–Trinajstić information content (AvgIpc) is 3.06. The Morgan fingerprint density at radius 1 is 1.21 bits per heavy atom. The Kier molecular flexibility index (Phi) is 5.32. The summed E-state index contributed by atoms with van der Waals surface area (Å²) in [5.41, 5.74) is 2.91. The van der Waals surface area contributed by atoms with E-state index in [-0.39, 0.29) is 17.2 Å². The molecule has 0 unspecified atom stereocenters. The zero-order valence-electron chi connectivity index (χ0n) is 15.0. The maximum atomic E-state index is 12.4. The van der Waals surface area contributed by atoms with Crippen LogP contribution < -0.4 is 10.6 Å². The molecule has 1 aromatic carbocycles. The van der Waals surface area contributed by atoms with Crippen LogP contribution in [-0.4, -0.2) is 19.1 Å². The van der Waals surface area contributed by atoms with Crippen LogP contribution in [0.4, 0.5) is 10.5 Å². The highest BCUT2D eigenvalue weighted by Crippen LogP contribution is 2.59. The minimum Gasteiger partial charge on any atom is -0.453 e. The van der Waals surface area contributed by atoms with Crippen molar-refractivity contribution in [3.63, 3.8) is 0 Å². The first-order valence-corrected chi connectivity index (χ1v) is 8.12. The summed E-state index contributed by atoms with van der Waals surface area (Å²) >= 11 is 0. The largest absolute Gasteiger partial charge is 0.453 e. The molecule has 2 atom stereocenters. The van der Waals surface area contributed by atoms with Gasteiger partial charge in [-0.2, -0.15) is 0 Å². The minimum absolute atomic E-state index is 0.0235. The second kappa shape index (κ2) is 7.07. The average molecular weight is 330 g/mol. The standard InChI is InChI=1S/C19H26N2O3/c1-12(2)10-15-16(19(15,3)4)17(22)20-11-13-6-8-14(9-7-13)21-18(23)24-5/h6-10,15-16H,11H2,1-5H3,(H,20,22)(H,21,23)/t15-,16+/m1/s1. The topological polar surface area (TPSA) is 67.4 Å². The third-order valence-corrected chi connectivity index (χ3v) is 4.56. The van der Waals surface area contributed by atoms with Crippen LogP contribution in [0.3, 0.4) is 0 Å². The zero-order chi connectivity index (χ0) is 17.9. The summed E-state index contributed by atoms with van der Waals surface area (Å²) in [7, 11) is 1.32. The number of carbonyl (C=O) groups is 2. The highest BCUT2D eigenvalue weighted by atomic mass is 16.5. The van der Waals surface area contributed by atoms with E-state index in [9.17, 15) is 9.59 Å². The number of anilines is 1. The fourth-order valence-corrected chi connectivity index (χ4v) is 3.02. The number of nitrogens with one attached hydrogen (secondary N) is 2. The number of methoxy groups -OCH3 is 1. The first-order valence-electron chi connectivity index (χ1n) is 8.12. The summed E-state index contributed by atoms with van der Waals surface area (Å²) in [4.78, 5) is 23.6. The van der Waals surface area contributed by atoms with E-state index in [0.29, 0.717) is 18.2 Å². The van der Waals surface area contributed by atoms with Crippen molar-refractivity contribution in [3.8, 4) is 0 Å². The van der Waals surface area contributed by atoms with Crippen LogP contribution in [0.15, 0.2) is 35.9 Å². The molecule has 2 rings (SSSR count). The van der Waals surface area contributed by atoms with Gasteiger partial charge >= 0.3 is 6.09 Å². The summed E-state index contributed by atoms with van der Waals surface area (Å²) in [5.74, 6) is 0.445. The number of hydrogen-bond acceptors (Lipinski definition) is 3. The summed E-state index contributed by atoms with van der Waals surface area (Å²) in [6.45, 7) is 8.87. The Morgan fingerprint density at radius 3 is 2.38 bits per heavy atom. The van der Waals surface area contributed by atoms with Gasteiger partial charge in [-0.3, -0.25) is 10.1 Å². The number of benzene rings is 1. The van der Waals surface area contributed by atoms with Crippen LogP contribution in [0.1, 0.15) is 33.3 Å². The van der Waals surface area contributed by atoms with E-state index in [1.54, 1.807) is 12.1 Å². The van der Waals surface area contributed by atoms with Gasteiger partial charge in [0.2, 0.25) is 5.91 Å². The Balaban J connectivity index is 1.88. The van der Waals surface area contributed by atoms with Gasteiger partial charge in [0.05, 0.1) is 13.0 Å². The van der Waals surface area contributed by atoms with E-state index in [0.717, 1.165) is 5.56 Å². The van der Waals surface area contributed by atoms with Crippen molar-refractivity contribution < 1.29 is 14.3 Å². The second-order valence-corrected chi connectivity index (χ2v) is 7.10. The van der Waals surface area contributed by atoms with E-state index in [1.165, 1.54) is 12.7 Å². The summed E-state index contributed by atoms with van der Waals surface area (Å²) in [5, 5.41) is 5.60. The molecule has 0 aliphatic heterocycles. The molecule has 0 bridgehead atoms. The lowest BCUT2D eigenvalue weighted by Gasteiger charge is -2.08. The SMILES string of the molecule is COC(=O)Nc1ccc(CNC(=O)[C@@H]2[C@@H](C=C(C)C)C2(C)C)cc1. The monoisotopic (exact) mass is 330 g/mol. The van der Waals surface area contributed by atoms with Gasteiger partial charge in [0.15, 0.2) is 0 Å². The molecule has 5 nitrogen and oxygen atoms in total. The first kappa shape index (κ1) is 18.0. The first-order chi connectivity index (χ1) is 11.3. The van der Waals surface area contributed by atoms with Crippen molar-refractivity contribution in [3.05, 3.63) is 41.5 Å². The molecule has 130 valence electrons. The number of hydrogen-bond donors (Lipinski definition) is 2. The van der Waals surface area contributed by atoms with Gasteiger partial charge in [0.25, 0.3) is 0 Å². The van der Waals surface area contributed by atoms with Crippen molar-refractivity contribution in [2.45, 2.75) is 34.2 Å². The second-order valence-electron chi connectivity index (χ2n) is 7.10. The number of rotatable bonds is 5. The fraction of sp³-hybridized carbons (Fsp3) is 0.474. The van der Waals surface area contributed by atoms with Crippen LogP contribution >= 0.6 is 0 Å². The van der Waals surface area contributed by atoms with Gasteiger partial charge < -0.3 is 10.1 Å². The Hall–Kier alpha value is -2.30. The zero-order valence-corrected chi connectivity index (χ0v) is 15.0. The molecule has 0 radical (unpaired) electrons. The Labute approximate surface area is 143 Å². The molecule has 2 amide bonds. The number of ether oxygens (including phenoxy) is 1. The van der Waals surface area contributed by atoms with Gasteiger partial charge in [-0.1, -0.05) is 37.6 Å². The van der Waals surface area contributed by atoms with Gasteiger partial charge in [-0.15, -0.1) is 0 Å². The van der Waals surface area contributed by atoms with Crippen LogP contribution in [0.2, 0.25) is 0 Å². The van der Waals surface area contributed by atoms with Crippen molar-refractivity contribution in [2.75, 3.05) is 12.4 Å². The normalized spacial score (nSPS) is 20.7. The predicted molar refractivity (Wildman–Crippen MR) is 94.5 cm³/mol. The lowest BCUT2D eigenvalue weighted by atomic mass is 10.1. The van der Waals surface area contributed by atoms with Crippen LogP contribution in [-0.2, 0) is 16.1 Å². The van der Waals surface area contributed by atoms with Crippen molar-refractivity contribution in [2.24, 2.45) is 17.3 Å². The molecule has 1 aliphatic rings. The van der Waals surface area contributed by atoms with Gasteiger partial charge in [-0.05, 0) is 42.9 Å².